The molecule has 1 aromatic heterocycles. The van der Waals surface area contributed by atoms with Crippen molar-refractivity contribution in [3.05, 3.63) is 18.2 Å². The minimum absolute atomic E-state index is 0.710. The summed E-state index contributed by atoms with van der Waals surface area (Å²) in [4.78, 5) is 9.46. The number of hydrogen-bond acceptors (Lipinski definition) is 5. The van der Waals surface area contributed by atoms with Gasteiger partial charge in [-0.3, -0.25) is 0 Å². The molecule has 0 aliphatic carbocycles. The van der Waals surface area contributed by atoms with Crippen molar-refractivity contribution < 1.29 is 0 Å². The highest BCUT2D eigenvalue weighted by atomic mass is 32.1. The predicted octanol–water partition coefficient (Wildman–Crippen LogP) is 2.41. The van der Waals surface area contributed by atoms with Crippen LogP contribution >= 0.6 is 11.3 Å². The van der Waals surface area contributed by atoms with Gasteiger partial charge in [-0.2, -0.15) is 0 Å². The lowest BCUT2D eigenvalue weighted by Gasteiger charge is -2.34. The second-order valence-electron chi connectivity index (χ2n) is 5.41. The molecular formula is C14H20N4S. The molecule has 1 aliphatic heterocycles. The molecule has 5 heteroatoms. The molecule has 19 heavy (non-hydrogen) atoms. The van der Waals surface area contributed by atoms with Crippen molar-refractivity contribution in [3.63, 3.8) is 0 Å². The maximum absolute atomic E-state index is 5.82. The molecule has 0 saturated carbocycles. The van der Waals surface area contributed by atoms with Crippen LogP contribution < -0.4 is 10.6 Å². The Balaban J connectivity index is 1.78. The van der Waals surface area contributed by atoms with E-state index >= 15 is 0 Å². The molecule has 0 amide bonds. The molecule has 0 bridgehead atoms. The van der Waals surface area contributed by atoms with E-state index in [1.807, 2.05) is 18.2 Å². The monoisotopic (exact) mass is 276 g/mol. The summed E-state index contributed by atoms with van der Waals surface area (Å²) >= 11 is 1.75. The molecule has 2 heterocycles. The van der Waals surface area contributed by atoms with Gasteiger partial charge in [0, 0.05) is 24.8 Å². The van der Waals surface area contributed by atoms with Crippen LogP contribution in [0, 0.1) is 0 Å². The van der Waals surface area contributed by atoms with E-state index in [4.69, 9.17) is 10.7 Å². The van der Waals surface area contributed by atoms with Gasteiger partial charge in [0.1, 0.15) is 0 Å². The number of fused-ring (bicyclic) bond motifs is 1. The van der Waals surface area contributed by atoms with Gasteiger partial charge in [0.15, 0.2) is 5.13 Å². The number of anilines is 2. The van der Waals surface area contributed by atoms with Gasteiger partial charge in [-0.25, -0.2) is 4.98 Å². The summed E-state index contributed by atoms with van der Waals surface area (Å²) in [6, 6.07) is 6.66. The van der Waals surface area contributed by atoms with E-state index < -0.39 is 0 Å². The first-order valence-electron chi connectivity index (χ1n) is 6.71. The number of nitrogens with zero attached hydrogens (tertiary/aromatic N) is 3. The zero-order chi connectivity index (χ0) is 13.4. The molecule has 1 fully saturated rings. The molecule has 102 valence electrons. The summed E-state index contributed by atoms with van der Waals surface area (Å²) in [6.45, 7) is 2.19. The Hall–Kier alpha value is -1.33. The molecule has 3 rings (SSSR count). The molecule has 0 spiro atoms. The Bertz CT molecular complexity index is 570. The maximum atomic E-state index is 5.82. The number of aromatic nitrogens is 1. The summed E-state index contributed by atoms with van der Waals surface area (Å²) in [5, 5.41) is 1.14. The van der Waals surface area contributed by atoms with Crippen LogP contribution in [0.15, 0.2) is 18.2 Å². The number of piperidine rings is 1. The summed E-state index contributed by atoms with van der Waals surface area (Å²) in [7, 11) is 4.33. The molecule has 0 radical (unpaired) electrons. The van der Waals surface area contributed by atoms with Crippen LogP contribution in [0.25, 0.3) is 10.2 Å². The first-order chi connectivity index (χ1) is 9.13. The molecule has 2 aromatic rings. The Kier molecular flexibility index (Phi) is 3.33. The predicted molar refractivity (Wildman–Crippen MR) is 83.0 cm³/mol. The van der Waals surface area contributed by atoms with E-state index in [-0.39, 0.29) is 0 Å². The topological polar surface area (TPSA) is 45.4 Å². The fourth-order valence-electron chi connectivity index (χ4n) is 2.64. The van der Waals surface area contributed by atoms with Gasteiger partial charge >= 0.3 is 0 Å². The van der Waals surface area contributed by atoms with Crippen molar-refractivity contribution in [1.82, 2.24) is 9.88 Å². The number of nitrogens with two attached hydrogens (primary N) is 1. The van der Waals surface area contributed by atoms with E-state index in [0.29, 0.717) is 6.04 Å². The van der Waals surface area contributed by atoms with Crippen LogP contribution in [0.5, 0.6) is 0 Å². The van der Waals surface area contributed by atoms with Crippen LogP contribution in [-0.4, -0.2) is 43.1 Å². The maximum Gasteiger partial charge on any atom is 0.186 e. The van der Waals surface area contributed by atoms with Gasteiger partial charge in [-0.15, -0.1) is 0 Å². The fraction of sp³-hybridized carbons (Fsp3) is 0.500. The Morgan fingerprint density at radius 3 is 2.74 bits per heavy atom. The Morgan fingerprint density at radius 1 is 1.32 bits per heavy atom. The third-order valence-electron chi connectivity index (χ3n) is 3.87. The molecule has 1 saturated heterocycles. The van der Waals surface area contributed by atoms with E-state index in [1.165, 1.54) is 17.5 Å². The van der Waals surface area contributed by atoms with E-state index in [9.17, 15) is 0 Å². The lowest BCUT2D eigenvalue weighted by molar-refractivity contribution is 0.249. The van der Waals surface area contributed by atoms with Crippen molar-refractivity contribution in [2.75, 3.05) is 37.8 Å². The lowest BCUT2D eigenvalue weighted by atomic mass is 10.0. The van der Waals surface area contributed by atoms with Gasteiger partial charge in [-0.1, -0.05) is 11.3 Å². The largest absolute Gasteiger partial charge is 0.399 e. The number of hydrogen-bond donors (Lipinski definition) is 1. The van der Waals surface area contributed by atoms with E-state index in [1.54, 1.807) is 11.3 Å². The second-order valence-corrected chi connectivity index (χ2v) is 6.41. The van der Waals surface area contributed by atoms with Crippen molar-refractivity contribution in [2.24, 2.45) is 0 Å². The van der Waals surface area contributed by atoms with Gasteiger partial charge in [-0.05, 0) is 45.1 Å². The van der Waals surface area contributed by atoms with Gasteiger partial charge in [0.05, 0.1) is 10.2 Å². The Labute approximate surface area is 117 Å². The molecular weight excluding hydrogens is 256 g/mol. The highest BCUT2D eigenvalue weighted by Crippen LogP contribution is 2.31. The quantitative estimate of drug-likeness (QED) is 0.856. The number of benzene rings is 1. The first-order valence-corrected chi connectivity index (χ1v) is 7.52. The highest BCUT2D eigenvalue weighted by Gasteiger charge is 2.22. The van der Waals surface area contributed by atoms with Crippen LogP contribution in [0.2, 0.25) is 0 Å². The van der Waals surface area contributed by atoms with Crippen LogP contribution in [-0.2, 0) is 0 Å². The zero-order valence-corrected chi connectivity index (χ0v) is 12.3. The second kappa shape index (κ2) is 4.98. The average Bonchev–Trinajstić information content (AvgIpc) is 2.81. The smallest absolute Gasteiger partial charge is 0.186 e. The van der Waals surface area contributed by atoms with Crippen molar-refractivity contribution in [1.29, 1.82) is 0 Å². The summed E-state index contributed by atoms with van der Waals surface area (Å²) in [6.07, 6.45) is 2.43. The normalized spacial score (nSPS) is 17.5. The Morgan fingerprint density at radius 2 is 2.05 bits per heavy atom. The van der Waals surface area contributed by atoms with Gasteiger partial charge < -0.3 is 15.5 Å². The van der Waals surface area contributed by atoms with Crippen LogP contribution in [0.1, 0.15) is 12.8 Å². The molecule has 1 aliphatic rings. The fourth-order valence-corrected chi connectivity index (χ4v) is 3.70. The third kappa shape index (κ3) is 2.53. The minimum atomic E-state index is 0.710. The summed E-state index contributed by atoms with van der Waals surface area (Å²) in [5.41, 5.74) is 7.70. The van der Waals surface area contributed by atoms with Gasteiger partial charge in [0.25, 0.3) is 0 Å². The average molecular weight is 276 g/mol. The van der Waals surface area contributed by atoms with Crippen LogP contribution in [0.4, 0.5) is 10.8 Å². The van der Waals surface area contributed by atoms with Gasteiger partial charge in [0.2, 0.25) is 0 Å². The standard InChI is InChI=1S/C14H20N4S/c1-17(2)11-5-7-18(8-6-11)14-16-12-4-3-10(15)9-13(12)19-14/h3-4,9,11H,5-8,15H2,1-2H3. The molecule has 0 atom stereocenters. The highest BCUT2D eigenvalue weighted by molar-refractivity contribution is 7.22. The van der Waals surface area contributed by atoms with Crippen molar-refractivity contribution >= 4 is 32.4 Å². The van der Waals surface area contributed by atoms with E-state index in [0.717, 1.165) is 29.4 Å². The third-order valence-corrected chi connectivity index (χ3v) is 4.95. The van der Waals surface area contributed by atoms with Crippen molar-refractivity contribution in [2.45, 2.75) is 18.9 Å². The molecule has 1 aromatic carbocycles. The van der Waals surface area contributed by atoms with Crippen molar-refractivity contribution in [3.8, 4) is 0 Å². The summed E-state index contributed by atoms with van der Waals surface area (Å²) < 4.78 is 1.18. The number of nitrogen functional groups attached to an aromatic ring is 1. The lowest BCUT2D eigenvalue weighted by Crippen LogP contribution is -2.41. The molecule has 0 unspecified atom stereocenters. The SMILES string of the molecule is CN(C)C1CCN(c2nc3ccc(N)cc3s2)CC1. The number of rotatable bonds is 2. The number of thiazole rings is 1. The molecule has 4 nitrogen and oxygen atoms in total. The minimum Gasteiger partial charge on any atom is -0.399 e. The summed E-state index contributed by atoms with van der Waals surface area (Å²) in [5.74, 6) is 0. The van der Waals surface area contributed by atoms with Crippen LogP contribution in [0.3, 0.4) is 0 Å². The first kappa shape index (κ1) is 12.7. The van der Waals surface area contributed by atoms with E-state index in [2.05, 4.69) is 23.9 Å². The zero-order valence-electron chi connectivity index (χ0n) is 11.5. The molecule has 2 N–H and O–H groups in total.